The summed E-state index contributed by atoms with van der Waals surface area (Å²) in [4.78, 5) is 24.9. The van der Waals surface area contributed by atoms with Crippen LogP contribution in [-0.2, 0) is 19.6 Å². The van der Waals surface area contributed by atoms with Crippen LogP contribution >= 0.6 is 11.8 Å². The minimum atomic E-state index is -3.21. The van der Waals surface area contributed by atoms with Crippen LogP contribution in [0.15, 0.2) is 0 Å². The van der Waals surface area contributed by atoms with E-state index in [2.05, 4.69) is 0 Å². The molecule has 9 heteroatoms. The van der Waals surface area contributed by atoms with Crippen LogP contribution in [0.25, 0.3) is 0 Å². The van der Waals surface area contributed by atoms with Crippen LogP contribution in [0.1, 0.15) is 12.8 Å². The van der Waals surface area contributed by atoms with Crippen molar-refractivity contribution in [3.05, 3.63) is 0 Å². The Morgan fingerprint density at radius 3 is 2.35 bits per heavy atom. The summed E-state index contributed by atoms with van der Waals surface area (Å²) >= 11 is 1.43. The van der Waals surface area contributed by atoms with Gasteiger partial charge in [0.1, 0.15) is 6.04 Å². The quantitative estimate of drug-likeness (QED) is 0.763. The minimum Gasteiger partial charge on any atom is -0.480 e. The lowest BCUT2D eigenvalue weighted by Crippen LogP contribution is -2.48. The van der Waals surface area contributed by atoms with Gasteiger partial charge in [-0.1, -0.05) is 0 Å². The van der Waals surface area contributed by atoms with Gasteiger partial charge in [0.25, 0.3) is 0 Å². The van der Waals surface area contributed by atoms with Crippen LogP contribution in [-0.4, -0.2) is 71.6 Å². The summed E-state index contributed by atoms with van der Waals surface area (Å²) in [5.41, 5.74) is 0. The molecule has 1 atom stereocenters. The molecule has 0 aromatic heterocycles. The number of carboxylic acids is 1. The first-order valence-electron chi connectivity index (χ1n) is 6.37. The van der Waals surface area contributed by atoms with Gasteiger partial charge in [-0.25, -0.2) is 17.5 Å². The van der Waals surface area contributed by atoms with Crippen LogP contribution in [0.2, 0.25) is 0 Å². The number of aliphatic carboxylic acids is 1. The molecule has 2 fully saturated rings. The van der Waals surface area contributed by atoms with Crippen LogP contribution < -0.4 is 0 Å². The van der Waals surface area contributed by atoms with Crippen molar-refractivity contribution in [1.29, 1.82) is 0 Å². The maximum atomic E-state index is 12.4. The molecule has 0 aliphatic carbocycles. The fourth-order valence-corrected chi connectivity index (χ4v) is 4.56. The summed E-state index contributed by atoms with van der Waals surface area (Å²) < 4.78 is 24.2. The molecular weight excluding hydrogens is 304 g/mol. The number of piperidine rings is 1. The van der Waals surface area contributed by atoms with E-state index in [1.54, 1.807) is 0 Å². The number of nitrogens with zero attached hydrogens (tertiary/aromatic N) is 2. The average molecular weight is 322 g/mol. The summed E-state index contributed by atoms with van der Waals surface area (Å²) in [6.45, 7) is 0.655. The molecule has 20 heavy (non-hydrogen) atoms. The molecule has 0 aromatic rings. The normalized spacial score (nSPS) is 25.9. The second-order valence-electron chi connectivity index (χ2n) is 5.10. The molecule has 0 aromatic carbocycles. The highest BCUT2D eigenvalue weighted by Gasteiger charge is 2.39. The molecule has 7 nitrogen and oxygen atoms in total. The topological polar surface area (TPSA) is 95.0 Å². The summed E-state index contributed by atoms with van der Waals surface area (Å²) in [5.74, 6) is -0.577. The molecule has 2 saturated heterocycles. The molecule has 114 valence electrons. The van der Waals surface area contributed by atoms with E-state index in [0.717, 1.165) is 6.26 Å². The van der Waals surface area contributed by atoms with E-state index < -0.39 is 22.0 Å². The number of carboxylic acid groups (broad SMARTS) is 1. The molecule has 0 bridgehead atoms. The van der Waals surface area contributed by atoms with Crippen molar-refractivity contribution in [2.75, 3.05) is 31.0 Å². The molecule has 0 radical (unpaired) electrons. The number of amides is 1. The van der Waals surface area contributed by atoms with Crippen molar-refractivity contribution < 1.29 is 23.1 Å². The molecule has 2 heterocycles. The van der Waals surface area contributed by atoms with Crippen LogP contribution in [0.5, 0.6) is 0 Å². The van der Waals surface area contributed by atoms with E-state index >= 15 is 0 Å². The molecule has 2 aliphatic rings. The number of hydrogen-bond donors (Lipinski definition) is 1. The van der Waals surface area contributed by atoms with Crippen LogP contribution in [0, 0.1) is 5.92 Å². The van der Waals surface area contributed by atoms with E-state index in [0.29, 0.717) is 37.6 Å². The zero-order valence-electron chi connectivity index (χ0n) is 11.2. The van der Waals surface area contributed by atoms with Gasteiger partial charge < -0.3 is 10.0 Å². The molecular formula is C11H18N2O5S2. The number of thioether (sulfide) groups is 1. The number of hydrogen-bond acceptors (Lipinski definition) is 5. The lowest BCUT2D eigenvalue weighted by molar-refractivity contribution is -0.149. The van der Waals surface area contributed by atoms with Crippen LogP contribution in [0.4, 0.5) is 0 Å². The van der Waals surface area contributed by atoms with Gasteiger partial charge >= 0.3 is 5.97 Å². The summed E-state index contributed by atoms with van der Waals surface area (Å²) in [6, 6.07) is -0.750. The first kappa shape index (κ1) is 15.6. The van der Waals surface area contributed by atoms with Crippen molar-refractivity contribution in [2.24, 2.45) is 5.92 Å². The van der Waals surface area contributed by atoms with Crippen molar-refractivity contribution in [1.82, 2.24) is 9.21 Å². The molecule has 2 aliphatic heterocycles. The third kappa shape index (κ3) is 3.26. The molecule has 1 N–H and O–H groups in total. The third-order valence-corrected chi connectivity index (χ3v) is 6.04. The number of carbonyl (C=O) groups excluding carboxylic acids is 1. The van der Waals surface area contributed by atoms with Gasteiger partial charge in [0, 0.05) is 24.8 Å². The monoisotopic (exact) mass is 322 g/mol. The van der Waals surface area contributed by atoms with Crippen molar-refractivity contribution in [2.45, 2.75) is 18.9 Å². The van der Waals surface area contributed by atoms with E-state index in [9.17, 15) is 18.0 Å². The smallest absolute Gasteiger partial charge is 0.327 e. The van der Waals surface area contributed by atoms with Gasteiger partial charge in [-0.2, -0.15) is 0 Å². The molecule has 0 saturated carbocycles. The Morgan fingerprint density at radius 1 is 1.25 bits per heavy atom. The fraction of sp³-hybridized carbons (Fsp3) is 0.818. The van der Waals surface area contributed by atoms with Gasteiger partial charge in [0.2, 0.25) is 15.9 Å². The Bertz CT molecular complexity index is 499. The van der Waals surface area contributed by atoms with Gasteiger partial charge in [-0.05, 0) is 12.8 Å². The van der Waals surface area contributed by atoms with Crippen molar-refractivity contribution in [3.63, 3.8) is 0 Å². The molecule has 1 amide bonds. The SMILES string of the molecule is CS(=O)(=O)N1CCC(C(=O)N2CSCC2C(=O)O)CC1. The minimum absolute atomic E-state index is 0.157. The number of rotatable bonds is 3. The van der Waals surface area contributed by atoms with E-state index in [1.807, 2.05) is 0 Å². The van der Waals surface area contributed by atoms with Gasteiger partial charge in [0.05, 0.1) is 12.1 Å². The van der Waals surface area contributed by atoms with Crippen LogP contribution in [0.3, 0.4) is 0 Å². The number of sulfonamides is 1. The lowest BCUT2D eigenvalue weighted by Gasteiger charge is -2.32. The van der Waals surface area contributed by atoms with Gasteiger partial charge in [-0.15, -0.1) is 11.8 Å². The molecule has 0 spiro atoms. The average Bonchev–Trinajstić information content (AvgIpc) is 2.86. The summed E-state index contributed by atoms with van der Waals surface area (Å²) in [7, 11) is -3.21. The predicted molar refractivity (Wildman–Crippen MR) is 74.7 cm³/mol. The highest BCUT2D eigenvalue weighted by Crippen LogP contribution is 2.27. The Hall–Kier alpha value is -0.800. The number of carbonyl (C=O) groups is 2. The Balaban J connectivity index is 1.97. The highest BCUT2D eigenvalue weighted by molar-refractivity contribution is 7.99. The standard InChI is InChI=1S/C11H18N2O5S2/c1-20(17,18)12-4-2-8(3-5-12)10(14)13-7-19-6-9(13)11(15)16/h8-9H,2-7H2,1H3,(H,15,16). The molecule has 2 rings (SSSR count). The lowest BCUT2D eigenvalue weighted by atomic mass is 9.96. The molecule has 1 unspecified atom stereocenters. The van der Waals surface area contributed by atoms with Gasteiger partial charge in [-0.3, -0.25) is 4.79 Å². The largest absolute Gasteiger partial charge is 0.480 e. The second-order valence-corrected chi connectivity index (χ2v) is 8.08. The van der Waals surface area contributed by atoms with E-state index in [-0.39, 0.29) is 11.8 Å². The maximum Gasteiger partial charge on any atom is 0.327 e. The Labute approximate surface area is 122 Å². The Kier molecular flexibility index (Phi) is 4.60. The maximum absolute atomic E-state index is 12.4. The Morgan fingerprint density at radius 2 is 1.85 bits per heavy atom. The highest BCUT2D eigenvalue weighted by atomic mass is 32.2. The summed E-state index contributed by atoms with van der Waals surface area (Å²) in [5, 5.41) is 9.08. The first-order valence-corrected chi connectivity index (χ1v) is 9.37. The first-order chi connectivity index (χ1) is 9.30. The second kappa shape index (κ2) is 5.90. The fourth-order valence-electron chi connectivity index (χ4n) is 2.53. The third-order valence-electron chi connectivity index (χ3n) is 3.72. The van der Waals surface area contributed by atoms with Gasteiger partial charge in [0.15, 0.2) is 0 Å². The zero-order chi connectivity index (χ0) is 14.9. The van der Waals surface area contributed by atoms with E-state index in [1.165, 1.54) is 21.0 Å². The summed E-state index contributed by atoms with van der Waals surface area (Å²) in [6.07, 6.45) is 2.07. The zero-order valence-corrected chi connectivity index (χ0v) is 12.8. The van der Waals surface area contributed by atoms with Crippen molar-refractivity contribution in [3.8, 4) is 0 Å². The van der Waals surface area contributed by atoms with Crippen molar-refractivity contribution >= 4 is 33.7 Å². The van der Waals surface area contributed by atoms with E-state index in [4.69, 9.17) is 5.11 Å². The predicted octanol–water partition coefficient (Wildman–Crippen LogP) is -0.356.